The number of methoxy groups -OCH3 is 1. The molecule has 0 aromatic heterocycles. The van der Waals surface area contributed by atoms with Crippen LogP contribution in [-0.2, 0) is 19.6 Å². The van der Waals surface area contributed by atoms with Crippen LogP contribution in [0.2, 0.25) is 0 Å². The third-order valence-corrected chi connectivity index (χ3v) is 3.60. The highest BCUT2D eigenvalue weighted by Gasteiger charge is 2.10. The van der Waals surface area contributed by atoms with Gasteiger partial charge in [-0.1, -0.05) is 0 Å². The number of hydrogen-bond donors (Lipinski definition) is 1. The third kappa shape index (κ3) is 10.2. The number of ether oxygens (including phenoxy) is 1. The zero-order valence-corrected chi connectivity index (χ0v) is 11.5. The maximum atomic E-state index is 11.5. The van der Waals surface area contributed by atoms with Crippen molar-refractivity contribution < 1.29 is 17.9 Å². The number of sulfonamides is 1. The molecule has 0 fully saturated rings. The van der Waals surface area contributed by atoms with Crippen LogP contribution in [0.4, 0.5) is 0 Å². The number of hydrogen-bond acceptors (Lipinski definition) is 5. The van der Waals surface area contributed by atoms with Crippen molar-refractivity contribution in [2.75, 3.05) is 40.0 Å². The first-order chi connectivity index (χ1) is 7.87. The van der Waals surface area contributed by atoms with Gasteiger partial charge in [0.15, 0.2) is 0 Å². The predicted molar refractivity (Wildman–Crippen MR) is 66.2 cm³/mol. The molecule has 102 valence electrons. The third-order valence-electron chi connectivity index (χ3n) is 2.13. The largest absolute Gasteiger partial charge is 0.469 e. The van der Waals surface area contributed by atoms with Gasteiger partial charge in [-0.25, -0.2) is 13.1 Å². The predicted octanol–water partition coefficient (Wildman–Crippen LogP) is -0.189. The van der Waals surface area contributed by atoms with E-state index < -0.39 is 10.0 Å². The lowest BCUT2D eigenvalue weighted by atomic mass is 10.3. The van der Waals surface area contributed by atoms with Gasteiger partial charge in [-0.3, -0.25) is 4.79 Å². The molecule has 0 aliphatic carbocycles. The molecule has 7 heteroatoms. The maximum absolute atomic E-state index is 11.5. The van der Waals surface area contributed by atoms with E-state index in [0.29, 0.717) is 6.54 Å². The molecule has 1 N–H and O–H groups in total. The highest BCUT2D eigenvalue weighted by molar-refractivity contribution is 7.89. The topological polar surface area (TPSA) is 75.7 Å². The molecule has 0 amide bonds. The van der Waals surface area contributed by atoms with Crippen LogP contribution in [-0.4, -0.2) is 59.3 Å². The standard InChI is InChI=1S/C10H22N2O4S/c1-12(2)8-5-7-11-17(14,15)9-4-6-10(13)16-3/h11H,4-9H2,1-3H3. The number of nitrogens with zero attached hydrogens (tertiary/aromatic N) is 1. The number of rotatable bonds is 9. The first-order valence-corrected chi connectivity index (χ1v) is 7.21. The van der Waals surface area contributed by atoms with E-state index in [9.17, 15) is 13.2 Å². The number of carbonyl (C=O) groups is 1. The lowest BCUT2D eigenvalue weighted by Gasteiger charge is -2.10. The van der Waals surface area contributed by atoms with Gasteiger partial charge >= 0.3 is 5.97 Å². The molecule has 0 unspecified atom stereocenters. The van der Waals surface area contributed by atoms with E-state index >= 15 is 0 Å². The minimum atomic E-state index is -3.26. The molecule has 6 nitrogen and oxygen atoms in total. The maximum Gasteiger partial charge on any atom is 0.305 e. The van der Waals surface area contributed by atoms with Crippen LogP contribution in [0.15, 0.2) is 0 Å². The van der Waals surface area contributed by atoms with Crippen molar-refractivity contribution in [3.8, 4) is 0 Å². The number of nitrogens with one attached hydrogen (secondary N) is 1. The zero-order chi connectivity index (χ0) is 13.3. The summed E-state index contributed by atoms with van der Waals surface area (Å²) in [7, 11) is 1.90. The van der Waals surface area contributed by atoms with E-state index in [4.69, 9.17) is 0 Å². The molecule has 0 aliphatic heterocycles. The van der Waals surface area contributed by atoms with Crippen LogP contribution in [0.25, 0.3) is 0 Å². The fourth-order valence-electron chi connectivity index (χ4n) is 1.20. The molecule has 0 spiro atoms. The van der Waals surface area contributed by atoms with Crippen LogP contribution in [0, 0.1) is 0 Å². The Labute approximate surface area is 103 Å². The van der Waals surface area contributed by atoms with E-state index in [0.717, 1.165) is 13.0 Å². The Bertz CT molecular complexity index is 314. The van der Waals surface area contributed by atoms with Crippen molar-refractivity contribution in [2.24, 2.45) is 0 Å². The Balaban J connectivity index is 3.70. The molecule has 0 aromatic carbocycles. The second-order valence-electron chi connectivity index (χ2n) is 4.05. The van der Waals surface area contributed by atoms with Crippen molar-refractivity contribution in [3.05, 3.63) is 0 Å². The summed E-state index contributed by atoms with van der Waals surface area (Å²) in [5, 5.41) is 0. The van der Waals surface area contributed by atoms with E-state index in [1.807, 2.05) is 19.0 Å². The summed E-state index contributed by atoms with van der Waals surface area (Å²) in [6, 6.07) is 0. The van der Waals surface area contributed by atoms with Gasteiger partial charge in [0.05, 0.1) is 12.9 Å². The fourth-order valence-corrected chi connectivity index (χ4v) is 2.33. The van der Waals surface area contributed by atoms with Gasteiger partial charge in [0, 0.05) is 13.0 Å². The molecule has 0 aliphatic rings. The van der Waals surface area contributed by atoms with E-state index in [1.165, 1.54) is 7.11 Å². The van der Waals surface area contributed by atoms with Gasteiger partial charge in [-0.2, -0.15) is 0 Å². The van der Waals surface area contributed by atoms with Gasteiger partial charge in [-0.15, -0.1) is 0 Å². The van der Waals surface area contributed by atoms with Gasteiger partial charge in [-0.05, 0) is 33.5 Å². The first kappa shape index (κ1) is 16.3. The second kappa shape index (κ2) is 8.43. The summed E-state index contributed by atoms with van der Waals surface area (Å²) >= 11 is 0. The number of carbonyl (C=O) groups excluding carboxylic acids is 1. The summed E-state index contributed by atoms with van der Waals surface area (Å²) in [6.45, 7) is 1.27. The van der Waals surface area contributed by atoms with Crippen LogP contribution in [0.3, 0.4) is 0 Å². The molecule has 0 aromatic rings. The quantitative estimate of drug-likeness (QED) is 0.462. The molecule has 0 radical (unpaired) electrons. The first-order valence-electron chi connectivity index (χ1n) is 5.56. The molecular formula is C10H22N2O4S. The lowest BCUT2D eigenvalue weighted by Crippen LogP contribution is -2.29. The molecule has 17 heavy (non-hydrogen) atoms. The van der Waals surface area contributed by atoms with Gasteiger partial charge < -0.3 is 9.64 Å². The van der Waals surface area contributed by atoms with Gasteiger partial charge in [0.1, 0.15) is 0 Å². The Morgan fingerprint density at radius 2 is 1.94 bits per heavy atom. The zero-order valence-electron chi connectivity index (χ0n) is 10.7. The van der Waals surface area contributed by atoms with Crippen LogP contribution < -0.4 is 4.72 Å². The summed E-state index contributed by atoms with van der Waals surface area (Å²) in [6.07, 6.45) is 1.19. The average Bonchev–Trinajstić information content (AvgIpc) is 2.23. The SMILES string of the molecule is COC(=O)CCCS(=O)(=O)NCCCN(C)C. The molecule has 0 bridgehead atoms. The van der Waals surface area contributed by atoms with Crippen LogP contribution >= 0.6 is 0 Å². The normalized spacial score (nSPS) is 11.8. The van der Waals surface area contributed by atoms with Crippen molar-refractivity contribution in [1.82, 2.24) is 9.62 Å². The molecule has 0 atom stereocenters. The van der Waals surface area contributed by atoms with Gasteiger partial charge in [0.2, 0.25) is 10.0 Å². The monoisotopic (exact) mass is 266 g/mol. The number of esters is 1. The van der Waals surface area contributed by atoms with E-state index in [1.54, 1.807) is 0 Å². The van der Waals surface area contributed by atoms with E-state index in [2.05, 4.69) is 9.46 Å². The Morgan fingerprint density at radius 3 is 2.47 bits per heavy atom. The van der Waals surface area contributed by atoms with E-state index in [-0.39, 0.29) is 24.6 Å². The van der Waals surface area contributed by atoms with Crippen molar-refractivity contribution in [2.45, 2.75) is 19.3 Å². The lowest BCUT2D eigenvalue weighted by molar-refractivity contribution is -0.140. The summed E-state index contributed by atoms with van der Waals surface area (Å²) in [5.41, 5.74) is 0. The van der Waals surface area contributed by atoms with Crippen molar-refractivity contribution >= 4 is 16.0 Å². The summed E-state index contributed by atoms with van der Waals surface area (Å²) in [4.78, 5) is 12.8. The summed E-state index contributed by atoms with van der Waals surface area (Å²) in [5.74, 6) is -0.419. The van der Waals surface area contributed by atoms with Gasteiger partial charge in [0.25, 0.3) is 0 Å². The highest BCUT2D eigenvalue weighted by atomic mass is 32.2. The molecular weight excluding hydrogens is 244 g/mol. The average molecular weight is 266 g/mol. The fraction of sp³-hybridized carbons (Fsp3) is 0.900. The van der Waals surface area contributed by atoms with Crippen LogP contribution in [0.5, 0.6) is 0 Å². The highest BCUT2D eigenvalue weighted by Crippen LogP contribution is 1.96. The smallest absolute Gasteiger partial charge is 0.305 e. The Hall–Kier alpha value is -0.660. The Kier molecular flexibility index (Phi) is 8.11. The van der Waals surface area contributed by atoms with Crippen LogP contribution in [0.1, 0.15) is 19.3 Å². The Morgan fingerprint density at radius 1 is 1.29 bits per heavy atom. The molecule has 0 saturated carbocycles. The molecule has 0 heterocycles. The van der Waals surface area contributed by atoms with Crippen molar-refractivity contribution in [3.63, 3.8) is 0 Å². The summed E-state index contributed by atoms with van der Waals surface area (Å²) < 4.78 is 29.9. The molecule has 0 rings (SSSR count). The minimum Gasteiger partial charge on any atom is -0.469 e. The minimum absolute atomic E-state index is 0.0376. The second-order valence-corrected chi connectivity index (χ2v) is 5.98. The van der Waals surface area contributed by atoms with Crippen molar-refractivity contribution in [1.29, 1.82) is 0 Å². The molecule has 0 saturated heterocycles.